The predicted octanol–water partition coefficient (Wildman–Crippen LogP) is 3.99. The van der Waals surface area contributed by atoms with Crippen molar-refractivity contribution >= 4 is 28.6 Å². The van der Waals surface area contributed by atoms with E-state index in [1.165, 1.54) is 0 Å². The van der Waals surface area contributed by atoms with E-state index in [1.54, 1.807) is 18.2 Å². The number of amides is 2. The van der Waals surface area contributed by atoms with Gasteiger partial charge in [0.25, 0.3) is 5.91 Å². The molecule has 6 nitrogen and oxygen atoms in total. The molecule has 0 aliphatic carbocycles. The van der Waals surface area contributed by atoms with Crippen LogP contribution in [0.25, 0.3) is 11.1 Å². The maximum atomic E-state index is 13.6. The summed E-state index contributed by atoms with van der Waals surface area (Å²) in [4.78, 5) is 28.3. The van der Waals surface area contributed by atoms with Crippen molar-refractivity contribution in [2.45, 2.75) is 26.2 Å². The summed E-state index contributed by atoms with van der Waals surface area (Å²) in [5.74, 6) is -1.99. The largest absolute Gasteiger partial charge is 0.440 e. The Labute approximate surface area is 159 Å². The lowest BCUT2D eigenvalue weighted by Crippen LogP contribution is -2.28. The fraction of sp³-hybridized carbons (Fsp3) is 0.250. The molecule has 3 rings (SSSR count). The molecule has 8 heteroatoms. The Balaban J connectivity index is 1.54. The zero-order chi connectivity index (χ0) is 20.3. The lowest BCUT2D eigenvalue weighted by Gasteiger charge is -2.07. The average molecular weight is 387 g/mol. The van der Waals surface area contributed by atoms with Gasteiger partial charge in [-0.25, -0.2) is 13.8 Å². The summed E-state index contributed by atoms with van der Waals surface area (Å²) < 4.78 is 32.1. The second kappa shape index (κ2) is 8.16. The van der Waals surface area contributed by atoms with Crippen LogP contribution < -0.4 is 10.6 Å². The van der Waals surface area contributed by atoms with Gasteiger partial charge in [0.2, 0.25) is 5.91 Å². The predicted molar refractivity (Wildman–Crippen MR) is 100 cm³/mol. The summed E-state index contributed by atoms with van der Waals surface area (Å²) in [6, 6.07) is 7.81. The number of nitrogens with one attached hydrogen (secondary N) is 2. The fourth-order valence-electron chi connectivity index (χ4n) is 2.55. The summed E-state index contributed by atoms with van der Waals surface area (Å²) in [6.45, 7) is 3.95. The van der Waals surface area contributed by atoms with Crippen LogP contribution in [-0.2, 0) is 4.79 Å². The minimum absolute atomic E-state index is 0.00514. The molecule has 0 saturated heterocycles. The Morgan fingerprint density at radius 3 is 2.64 bits per heavy atom. The first-order valence-corrected chi connectivity index (χ1v) is 8.77. The molecule has 0 atom stereocenters. The molecular weight excluding hydrogens is 368 g/mol. The van der Waals surface area contributed by atoms with E-state index in [1.807, 2.05) is 13.8 Å². The van der Waals surface area contributed by atoms with Crippen molar-refractivity contribution in [1.82, 2.24) is 10.3 Å². The first-order valence-electron chi connectivity index (χ1n) is 8.77. The van der Waals surface area contributed by atoms with Gasteiger partial charge in [-0.3, -0.25) is 9.59 Å². The van der Waals surface area contributed by atoms with Gasteiger partial charge in [0.15, 0.2) is 11.5 Å². The Hall–Kier alpha value is -3.29. The zero-order valence-electron chi connectivity index (χ0n) is 15.4. The highest BCUT2D eigenvalue weighted by Gasteiger charge is 2.13. The van der Waals surface area contributed by atoms with Gasteiger partial charge < -0.3 is 15.1 Å². The summed E-state index contributed by atoms with van der Waals surface area (Å²) in [5, 5.41) is 5.14. The third-order valence-corrected chi connectivity index (χ3v) is 4.00. The molecule has 0 bridgehead atoms. The Bertz CT molecular complexity index is 1030. The number of carbonyl (C=O) groups excluding carboxylic acids is 2. The van der Waals surface area contributed by atoms with Crippen molar-refractivity contribution in [3.05, 3.63) is 59.5 Å². The van der Waals surface area contributed by atoms with Crippen molar-refractivity contribution in [3.8, 4) is 0 Å². The molecule has 0 saturated carbocycles. The molecule has 0 radical (unpaired) electrons. The van der Waals surface area contributed by atoms with E-state index in [2.05, 4.69) is 15.6 Å². The van der Waals surface area contributed by atoms with Gasteiger partial charge in [-0.05, 0) is 30.3 Å². The minimum Gasteiger partial charge on any atom is -0.440 e. The molecule has 3 aromatic rings. The molecule has 1 heterocycles. The van der Waals surface area contributed by atoms with Crippen LogP contribution in [-0.4, -0.2) is 23.3 Å². The Kier molecular flexibility index (Phi) is 5.67. The quantitative estimate of drug-likeness (QED) is 0.670. The molecule has 2 N–H and O–H groups in total. The lowest BCUT2D eigenvalue weighted by atomic mass is 10.2. The number of halogens is 2. The highest BCUT2D eigenvalue weighted by atomic mass is 19.1. The Morgan fingerprint density at radius 2 is 1.93 bits per heavy atom. The van der Waals surface area contributed by atoms with E-state index in [4.69, 9.17) is 4.42 Å². The second-order valence-corrected chi connectivity index (χ2v) is 6.57. The topological polar surface area (TPSA) is 84.2 Å². The molecule has 0 spiro atoms. The molecular formula is C20H19F2N3O3. The fourth-order valence-corrected chi connectivity index (χ4v) is 2.55. The number of carbonyl (C=O) groups is 2. The molecule has 146 valence electrons. The van der Waals surface area contributed by atoms with Gasteiger partial charge in [0.1, 0.15) is 17.2 Å². The molecule has 0 aliphatic heterocycles. The van der Waals surface area contributed by atoms with Crippen LogP contribution in [0.15, 0.2) is 40.8 Å². The molecule has 28 heavy (non-hydrogen) atoms. The van der Waals surface area contributed by atoms with Crippen LogP contribution in [0.4, 0.5) is 14.5 Å². The Morgan fingerprint density at radius 1 is 1.14 bits per heavy atom. The van der Waals surface area contributed by atoms with Crippen LogP contribution >= 0.6 is 0 Å². The van der Waals surface area contributed by atoms with E-state index in [9.17, 15) is 18.4 Å². The van der Waals surface area contributed by atoms with Crippen LogP contribution in [0.2, 0.25) is 0 Å². The second-order valence-electron chi connectivity index (χ2n) is 6.57. The maximum absolute atomic E-state index is 13.6. The zero-order valence-corrected chi connectivity index (χ0v) is 15.4. The lowest BCUT2D eigenvalue weighted by molar-refractivity contribution is -0.116. The average Bonchev–Trinajstić information content (AvgIpc) is 3.05. The molecule has 0 fully saturated rings. The van der Waals surface area contributed by atoms with Crippen LogP contribution in [0.5, 0.6) is 0 Å². The van der Waals surface area contributed by atoms with E-state index >= 15 is 0 Å². The van der Waals surface area contributed by atoms with Crippen molar-refractivity contribution in [1.29, 1.82) is 0 Å². The summed E-state index contributed by atoms with van der Waals surface area (Å²) >= 11 is 0. The van der Waals surface area contributed by atoms with Gasteiger partial charge in [-0.1, -0.05) is 13.8 Å². The number of anilines is 1. The molecule has 2 amide bonds. The minimum atomic E-state index is -0.955. The van der Waals surface area contributed by atoms with Gasteiger partial charge in [0, 0.05) is 30.6 Å². The van der Waals surface area contributed by atoms with Gasteiger partial charge in [-0.15, -0.1) is 0 Å². The van der Waals surface area contributed by atoms with Gasteiger partial charge in [-0.2, -0.15) is 0 Å². The first-order chi connectivity index (χ1) is 13.3. The van der Waals surface area contributed by atoms with E-state index in [-0.39, 0.29) is 30.4 Å². The number of fused-ring (bicyclic) bond motifs is 1. The van der Waals surface area contributed by atoms with Crippen molar-refractivity contribution < 1.29 is 22.8 Å². The summed E-state index contributed by atoms with van der Waals surface area (Å²) in [7, 11) is 0. The standard InChI is InChI=1S/C20H19F2N3O3/c1-11(2)20-25-16-10-13(4-6-17(16)28-20)24-18(26)7-8-23-19(27)14-5-3-12(21)9-15(14)22/h3-6,9-11H,7-8H2,1-2H3,(H,23,27)(H,24,26). The van der Waals surface area contributed by atoms with E-state index in [0.717, 1.165) is 12.1 Å². The third-order valence-electron chi connectivity index (χ3n) is 4.00. The molecule has 1 aromatic heterocycles. The highest BCUT2D eigenvalue weighted by Crippen LogP contribution is 2.23. The van der Waals surface area contributed by atoms with Crippen LogP contribution in [0, 0.1) is 11.6 Å². The number of hydrogen-bond donors (Lipinski definition) is 2. The number of aromatic nitrogens is 1. The van der Waals surface area contributed by atoms with Crippen molar-refractivity contribution in [2.24, 2.45) is 0 Å². The number of nitrogens with zero attached hydrogens (tertiary/aromatic N) is 1. The molecule has 0 aliphatic rings. The number of oxazole rings is 1. The number of benzene rings is 2. The summed E-state index contributed by atoms with van der Waals surface area (Å²) in [6.07, 6.45) is -0.0113. The van der Waals surface area contributed by atoms with Gasteiger partial charge >= 0.3 is 0 Å². The van der Waals surface area contributed by atoms with E-state index < -0.39 is 17.5 Å². The normalized spacial score (nSPS) is 11.0. The maximum Gasteiger partial charge on any atom is 0.254 e. The van der Waals surface area contributed by atoms with Crippen LogP contribution in [0.1, 0.15) is 42.4 Å². The molecule has 0 unspecified atom stereocenters. The first kappa shape index (κ1) is 19.5. The number of hydrogen-bond acceptors (Lipinski definition) is 4. The third kappa shape index (κ3) is 4.51. The van der Waals surface area contributed by atoms with Crippen LogP contribution in [0.3, 0.4) is 0 Å². The van der Waals surface area contributed by atoms with Crippen molar-refractivity contribution in [3.63, 3.8) is 0 Å². The summed E-state index contributed by atoms with van der Waals surface area (Å²) in [5.41, 5.74) is 1.55. The van der Waals surface area contributed by atoms with Gasteiger partial charge in [0.05, 0.1) is 5.56 Å². The smallest absolute Gasteiger partial charge is 0.254 e. The van der Waals surface area contributed by atoms with Crippen molar-refractivity contribution in [2.75, 3.05) is 11.9 Å². The SMILES string of the molecule is CC(C)c1nc2cc(NC(=O)CCNC(=O)c3ccc(F)cc3F)ccc2o1. The molecule has 2 aromatic carbocycles. The monoisotopic (exact) mass is 387 g/mol. The highest BCUT2D eigenvalue weighted by molar-refractivity contribution is 5.96. The van der Waals surface area contributed by atoms with E-state index in [0.29, 0.717) is 28.7 Å². The number of rotatable bonds is 6.